The maximum Gasteiger partial charge on any atom is 0.237 e. The van der Waals surface area contributed by atoms with Crippen LogP contribution in [0.5, 0.6) is 0 Å². The second-order valence-corrected chi connectivity index (χ2v) is 5.29. The lowest BCUT2D eigenvalue weighted by Gasteiger charge is -2.39. The van der Waals surface area contributed by atoms with Crippen LogP contribution in [0.4, 0.5) is 0 Å². The van der Waals surface area contributed by atoms with Gasteiger partial charge in [-0.1, -0.05) is 30.3 Å². The zero-order valence-corrected chi connectivity index (χ0v) is 12.7. The van der Waals surface area contributed by atoms with E-state index in [2.05, 4.69) is 5.32 Å². The van der Waals surface area contributed by atoms with Crippen molar-refractivity contribution in [1.29, 1.82) is 0 Å². The van der Waals surface area contributed by atoms with Crippen LogP contribution in [0.25, 0.3) is 0 Å². The second kappa shape index (κ2) is 8.12. The number of hydrogen-bond donors (Lipinski definition) is 1. The molecule has 2 unspecified atom stereocenters. The van der Waals surface area contributed by atoms with E-state index in [9.17, 15) is 4.79 Å². The molecule has 1 aliphatic heterocycles. The minimum absolute atomic E-state index is 0.000810. The summed E-state index contributed by atoms with van der Waals surface area (Å²) in [6.07, 6.45) is 0.0767. The smallest absolute Gasteiger partial charge is 0.237 e. The summed E-state index contributed by atoms with van der Waals surface area (Å²) < 4.78 is 10.7. The molecule has 1 N–H and O–H groups in total. The van der Waals surface area contributed by atoms with Crippen molar-refractivity contribution in [1.82, 2.24) is 10.2 Å². The quantitative estimate of drug-likeness (QED) is 0.801. The molecule has 2 rings (SSSR count). The highest BCUT2D eigenvalue weighted by molar-refractivity contribution is 5.79. The zero-order chi connectivity index (χ0) is 15.1. The summed E-state index contributed by atoms with van der Waals surface area (Å²) in [6, 6.07) is 10.1. The highest BCUT2D eigenvalue weighted by atomic mass is 16.5. The lowest BCUT2D eigenvalue weighted by molar-refractivity contribution is -0.143. The molecule has 21 heavy (non-hydrogen) atoms. The molecule has 1 heterocycles. The van der Waals surface area contributed by atoms with Crippen LogP contribution < -0.4 is 5.32 Å². The van der Waals surface area contributed by atoms with Crippen LogP contribution in [0, 0.1) is 0 Å². The first-order chi connectivity index (χ1) is 10.2. The van der Waals surface area contributed by atoms with Gasteiger partial charge in [-0.25, -0.2) is 0 Å². The summed E-state index contributed by atoms with van der Waals surface area (Å²) in [4.78, 5) is 14.4. The van der Waals surface area contributed by atoms with Gasteiger partial charge in [0.15, 0.2) is 0 Å². The van der Waals surface area contributed by atoms with Crippen molar-refractivity contribution in [2.45, 2.75) is 19.1 Å². The van der Waals surface area contributed by atoms with Crippen LogP contribution in [-0.2, 0) is 14.3 Å². The maximum absolute atomic E-state index is 12.5. The molecule has 2 atom stereocenters. The van der Waals surface area contributed by atoms with E-state index in [0.717, 1.165) is 5.56 Å². The van der Waals surface area contributed by atoms with E-state index in [1.54, 1.807) is 7.11 Å². The summed E-state index contributed by atoms with van der Waals surface area (Å²) in [5.74, 6) is 0.107. The van der Waals surface area contributed by atoms with Gasteiger partial charge >= 0.3 is 0 Å². The van der Waals surface area contributed by atoms with E-state index in [4.69, 9.17) is 9.47 Å². The van der Waals surface area contributed by atoms with Crippen LogP contribution in [0.15, 0.2) is 30.3 Å². The number of methoxy groups -OCH3 is 1. The van der Waals surface area contributed by atoms with Crippen molar-refractivity contribution in [2.24, 2.45) is 0 Å². The number of morpholine rings is 1. The summed E-state index contributed by atoms with van der Waals surface area (Å²) in [6.45, 7) is 4.80. The van der Waals surface area contributed by atoms with Crippen molar-refractivity contribution >= 4 is 5.91 Å². The normalized spacial score (nSPS) is 22.3. The molecule has 0 bridgehead atoms. The number of nitrogens with zero attached hydrogens (tertiary/aromatic N) is 1. The molecule has 0 radical (unpaired) electrons. The van der Waals surface area contributed by atoms with E-state index < -0.39 is 0 Å². The number of benzene rings is 1. The molecule has 0 aromatic heterocycles. The minimum Gasteiger partial charge on any atom is -0.383 e. The van der Waals surface area contributed by atoms with Gasteiger partial charge in [-0.2, -0.15) is 0 Å². The average Bonchev–Trinajstić information content (AvgIpc) is 2.52. The zero-order valence-electron chi connectivity index (χ0n) is 12.7. The lowest BCUT2D eigenvalue weighted by Crippen LogP contribution is -2.49. The molecule has 0 aliphatic carbocycles. The molecule has 1 aromatic carbocycles. The molecule has 1 saturated heterocycles. The van der Waals surface area contributed by atoms with Crippen molar-refractivity contribution in [3.63, 3.8) is 0 Å². The van der Waals surface area contributed by atoms with Gasteiger partial charge in [0.25, 0.3) is 0 Å². The van der Waals surface area contributed by atoms with Gasteiger partial charge < -0.3 is 19.7 Å². The van der Waals surface area contributed by atoms with Crippen LogP contribution in [0.2, 0.25) is 0 Å². The fraction of sp³-hybridized carbons (Fsp3) is 0.562. The lowest BCUT2D eigenvalue weighted by atomic mass is 10.0. The Balaban J connectivity index is 2.00. The number of carbonyl (C=O) groups excluding carboxylic acids is 1. The molecule has 0 saturated carbocycles. The van der Waals surface area contributed by atoms with Gasteiger partial charge in [0.1, 0.15) is 0 Å². The summed E-state index contributed by atoms with van der Waals surface area (Å²) >= 11 is 0. The van der Waals surface area contributed by atoms with Gasteiger partial charge in [-0.05, 0) is 12.5 Å². The van der Waals surface area contributed by atoms with E-state index in [1.165, 1.54) is 0 Å². The highest BCUT2D eigenvalue weighted by Crippen LogP contribution is 2.26. The van der Waals surface area contributed by atoms with E-state index in [-0.39, 0.29) is 18.1 Å². The molecule has 116 valence electrons. The molecule has 1 amide bonds. The Hall–Kier alpha value is -1.43. The third kappa shape index (κ3) is 4.52. The standard InChI is InChI=1S/C16H24N2O3/c1-13-11-18(16(19)10-17-8-9-20-2)15(12-21-13)14-6-4-3-5-7-14/h3-7,13,15,17H,8-12H2,1-2H3. The van der Waals surface area contributed by atoms with Crippen LogP contribution >= 0.6 is 0 Å². The first kappa shape index (κ1) is 15.9. The first-order valence-electron chi connectivity index (χ1n) is 7.38. The predicted molar refractivity (Wildman–Crippen MR) is 81.1 cm³/mol. The van der Waals surface area contributed by atoms with Gasteiger partial charge in [-0.3, -0.25) is 4.79 Å². The monoisotopic (exact) mass is 292 g/mol. The second-order valence-electron chi connectivity index (χ2n) is 5.29. The van der Waals surface area contributed by atoms with Crippen LogP contribution in [-0.4, -0.2) is 56.9 Å². The third-order valence-corrected chi connectivity index (χ3v) is 3.63. The van der Waals surface area contributed by atoms with Crippen molar-refractivity contribution in [3.05, 3.63) is 35.9 Å². The number of amides is 1. The molecule has 0 spiro atoms. The van der Waals surface area contributed by atoms with Crippen molar-refractivity contribution in [3.8, 4) is 0 Å². The summed E-state index contributed by atoms with van der Waals surface area (Å²) in [5.41, 5.74) is 1.12. The van der Waals surface area contributed by atoms with Crippen molar-refractivity contribution < 1.29 is 14.3 Å². The van der Waals surface area contributed by atoms with E-state index >= 15 is 0 Å². The third-order valence-electron chi connectivity index (χ3n) is 3.63. The number of hydrogen-bond acceptors (Lipinski definition) is 4. The van der Waals surface area contributed by atoms with Gasteiger partial charge in [0, 0.05) is 20.2 Å². The number of rotatable bonds is 6. The minimum atomic E-state index is -0.000810. The maximum atomic E-state index is 12.5. The van der Waals surface area contributed by atoms with Crippen LogP contribution in [0.3, 0.4) is 0 Å². The summed E-state index contributed by atoms with van der Waals surface area (Å²) in [5, 5.41) is 3.11. The number of carbonyl (C=O) groups is 1. The van der Waals surface area contributed by atoms with E-state index in [1.807, 2.05) is 42.2 Å². The first-order valence-corrected chi connectivity index (χ1v) is 7.38. The Kier molecular flexibility index (Phi) is 6.17. The van der Waals surface area contributed by atoms with Crippen LogP contribution in [0.1, 0.15) is 18.5 Å². The molecular formula is C16H24N2O3. The molecule has 1 aliphatic rings. The number of ether oxygens (including phenoxy) is 2. The predicted octanol–water partition coefficient (Wildman–Crippen LogP) is 1.21. The Morgan fingerprint density at radius 2 is 2.19 bits per heavy atom. The largest absolute Gasteiger partial charge is 0.383 e. The fourth-order valence-electron chi connectivity index (χ4n) is 2.50. The SMILES string of the molecule is COCCNCC(=O)N1CC(C)OCC1c1ccccc1. The average molecular weight is 292 g/mol. The Morgan fingerprint density at radius 3 is 2.90 bits per heavy atom. The van der Waals surface area contributed by atoms with Gasteiger partial charge in [0.2, 0.25) is 5.91 Å². The fourth-order valence-corrected chi connectivity index (χ4v) is 2.50. The Labute approximate surface area is 126 Å². The Morgan fingerprint density at radius 1 is 1.43 bits per heavy atom. The topological polar surface area (TPSA) is 50.8 Å². The van der Waals surface area contributed by atoms with Crippen molar-refractivity contribution in [2.75, 3.05) is 40.0 Å². The molecular weight excluding hydrogens is 268 g/mol. The Bertz CT molecular complexity index is 438. The molecule has 1 fully saturated rings. The summed E-state index contributed by atoms with van der Waals surface area (Å²) in [7, 11) is 1.65. The molecule has 1 aromatic rings. The molecule has 5 heteroatoms. The van der Waals surface area contributed by atoms with Gasteiger partial charge in [-0.15, -0.1) is 0 Å². The van der Waals surface area contributed by atoms with Gasteiger partial charge in [0.05, 0.1) is 31.9 Å². The number of nitrogens with one attached hydrogen (secondary N) is 1. The van der Waals surface area contributed by atoms with E-state index in [0.29, 0.717) is 32.8 Å². The highest BCUT2D eigenvalue weighted by Gasteiger charge is 2.31. The molecule has 5 nitrogen and oxygen atoms in total.